The molecule has 3 aromatic carbocycles. The van der Waals surface area contributed by atoms with Crippen molar-refractivity contribution in [2.75, 3.05) is 13.1 Å². The van der Waals surface area contributed by atoms with Crippen molar-refractivity contribution >= 4 is 11.8 Å². The maximum atomic E-state index is 12.9. The highest BCUT2D eigenvalue weighted by atomic mass is 16.2. The Kier molecular flexibility index (Phi) is 6.69. The standard InChI is InChI=1S/C28H30N2O2/c1-20(2)21-8-12-24(13-9-21)27(31)29-26-16-18-30(19-17-26)28(32)25-14-10-23(11-15-25)22-6-4-3-5-7-22/h3-15,20,26H,16-19H2,1-2H3,(H,29,31). The van der Waals surface area contributed by atoms with Crippen LogP contribution >= 0.6 is 0 Å². The third-order valence-corrected chi connectivity index (χ3v) is 6.20. The van der Waals surface area contributed by atoms with E-state index in [2.05, 4.69) is 31.3 Å². The zero-order valence-electron chi connectivity index (χ0n) is 18.8. The Morgan fingerprint density at radius 3 is 1.94 bits per heavy atom. The number of piperidine rings is 1. The first-order valence-electron chi connectivity index (χ1n) is 11.4. The van der Waals surface area contributed by atoms with Crippen LogP contribution in [0.3, 0.4) is 0 Å². The van der Waals surface area contributed by atoms with Gasteiger partial charge in [0, 0.05) is 30.3 Å². The topological polar surface area (TPSA) is 49.4 Å². The quantitative estimate of drug-likeness (QED) is 0.585. The summed E-state index contributed by atoms with van der Waals surface area (Å²) in [6.07, 6.45) is 1.54. The average Bonchev–Trinajstić information content (AvgIpc) is 2.85. The molecule has 0 aliphatic carbocycles. The normalized spacial score (nSPS) is 14.4. The van der Waals surface area contributed by atoms with Gasteiger partial charge in [-0.3, -0.25) is 9.59 Å². The Labute approximate surface area is 190 Å². The first kappa shape index (κ1) is 21.8. The second-order valence-electron chi connectivity index (χ2n) is 8.76. The van der Waals surface area contributed by atoms with Gasteiger partial charge in [0.05, 0.1) is 0 Å². The Hall–Kier alpha value is -3.40. The van der Waals surface area contributed by atoms with Crippen LogP contribution in [0.15, 0.2) is 78.9 Å². The van der Waals surface area contributed by atoms with Gasteiger partial charge < -0.3 is 10.2 Å². The highest BCUT2D eigenvalue weighted by molar-refractivity contribution is 5.95. The molecule has 0 bridgehead atoms. The van der Waals surface area contributed by atoms with E-state index >= 15 is 0 Å². The molecule has 1 heterocycles. The summed E-state index contributed by atoms with van der Waals surface area (Å²) < 4.78 is 0. The van der Waals surface area contributed by atoms with Crippen LogP contribution in [0.2, 0.25) is 0 Å². The summed E-state index contributed by atoms with van der Waals surface area (Å²) in [5.74, 6) is 0.462. The molecule has 1 saturated heterocycles. The molecule has 1 aliphatic heterocycles. The Morgan fingerprint density at radius 2 is 1.34 bits per heavy atom. The molecule has 0 radical (unpaired) electrons. The van der Waals surface area contributed by atoms with Crippen LogP contribution in [-0.2, 0) is 0 Å². The van der Waals surface area contributed by atoms with Crippen molar-refractivity contribution in [3.05, 3.63) is 95.6 Å². The summed E-state index contributed by atoms with van der Waals surface area (Å²) in [5, 5.41) is 3.13. The number of hydrogen-bond acceptors (Lipinski definition) is 2. The van der Waals surface area contributed by atoms with Crippen molar-refractivity contribution in [3.63, 3.8) is 0 Å². The van der Waals surface area contributed by atoms with Gasteiger partial charge in [0.15, 0.2) is 0 Å². The molecule has 3 aromatic rings. The SMILES string of the molecule is CC(C)c1ccc(C(=O)NC2CCN(C(=O)c3ccc(-c4ccccc4)cc3)CC2)cc1. The first-order chi connectivity index (χ1) is 15.5. The lowest BCUT2D eigenvalue weighted by molar-refractivity contribution is 0.0698. The lowest BCUT2D eigenvalue weighted by atomic mass is 10.00. The molecule has 164 valence electrons. The molecule has 0 aromatic heterocycles. The number of likely N-dealkylation sites (tertiary alicyclic amines) is 1. The predicted octanol–water partition coefficient (Wildman–Crippen LogP) is 5.51. The zero-order valence-corrected chi connectivity index (χ0v) is 18.8. The number of nitrogens with zero attached hydrogens (tertiary/aromatic N) is 1. The van der Waals surface area contributed by atoms with Gasteiger partial charge in [-0.15, -0.1) is 0 Å². The number of hydrogen-bond donors (Lipinski definition) is 1. The number of carbonyl (C=O) groups is 2. The van der Waals surface area contributed by atoms with Crippen LogP contribution in [0.1, 0.15) is 58.9 Å². The van der Waals surface area contributed by atoms with Crippen LogP contribution in [-0.4, -0.2) is 35.8 Å². The second-order valence-corrected chi connectivity index (χ2v) is 8.76. The molecule has 1 fully saturated rings. The molecule has 0 atom stereocenters. The van der Waals surface area contributed by atoms with Gasteiger partial charge in [0.1, 0.15) is 0 Å². The van der Waals surface area contributed by atoms with Gasteiger partial charge in [0.2, 0.25) is 0 Å². The summed E-state index contributed by atoms with van der Waals surface area (Å²) in [5.41, 5.74) is 4.86. The van der Waals surface area contributed by atoms with Crippen molar-refractivity contribution in [1.29, 1.82) is 0 Å². The van der Waals surface area contributed by atoms with Crippen molar-refractivity contribution in [3.8, 4) is 11.1 Å². The fraction of sp³-hybridized carbons (Fsp3) is 0.286. The highest BCUT2D eigenvalue weighted by Gasteiger charge is 2.25. The van der Waals surface area contributed by atoms with Gasteiger partial charge in [-0.25, -0.2) is 0 Å². The predicted molar refractivity (Wildman–Crippen MR) is 129 cm³/mol. The maximum absolute atomic E-state index is 12.9. The van der Waals surface area contributed by atoms with Gasteiger partial charge in [-0.2, -0.15) is 0 Å². The molecule has 0 spiro atoms. The largest absolute Gasteiger partial charge is 0.349 e. The minimum atomic E-state index is -0.0402. The molecule has 0 unspecified atom stereocenters. The molecule has 4 rings (SSSR count). The molecule has 0 saturated carbocycles. The van der Waals surface area contributed by atoms with Gasteiger partial charge in [0.25, 0.3) is 11.8 Å². The van der Waals surface area contributed by atoms with E-state index in [1.165, 1.54) is 5.56 Å². The van der Waals surface area contributed by atoms with Crippen molar-refractivity contribution in [2.24, 2.45) is 0 Å². The minimum Gasteiger partial charge on any atom is -0.349 e. The molecule has 32 heavy (non-hydrogen) atoms. The van der Waals surface area contributed by atoms with E-state index in [0.717, 1.165) is 24.0 Å². The molecular formula is C28H30N2O2. The molecule has 1 aliphatic rings. The van der Waals surface area contributed by atoms with Crippen molar-refractivity contribution in [2.45, 2.75) is 38.6 Å². The number of nitrogens with one attached hydrogen (secondary N) is 1. The van der Waals surface area contributed by atoms with Gasteiger partial charge in [-0.1, -0.05) is 68.4 Å². The highest BCUT2D eigenvalue weighted by Crippen LogP contribution is 2.21. The molecule has 4 nitrogen and oxygen atoms in total. The van der Waals surface area contributed by atoms with E-state index in [1.807, 2.05) is 71.6 Å². The Bertz CT molecular complexity index is 1050. The molecule has 2 amide bonds. The van der Waals surface area contributed by atoms with Crippen LogP contribution in [0.4, 0.5) is 0 Å². The van der Waals surface area contributed by atoms with E-state index < -0.39 is 0 Å². The fourth-order valence-corrected chi connectivity index (χ4v) is 4.13. The summed E-state index contributed by atoms with van der Waals surface area (Å²) in [6, 6.07) is 25.9. The number of rotatable bonds is 5. The number of amides is 2. The van der Waals surface area contributed by atoms with E-state index in [-0.39, 0.29) is 17.9 Å². The summed E-state index contributed by atoms with van der Waals surface area (Å²) in [6.45, 7) is 5.58. The molecule has 4 heteroatoms. The fourth-order valence-electron chi connectivity index (χ4n) is 4.13. The van der Waals surface area contributed by atoms with Gasteiger partial charge >= 0.3 is 0 Å². The van der Waals surface area contributed by atoms with Gasteiger partial charge in [-0.05, 0) is 59.7 Å². The lowest BCUT2D eigenvalue weighted by Crippen LogP contribution is -2.46. The number of benzene rings is 3. The third-order valence-electron chi connectivity index (χ3n) is 6.20. The minimum absolute atomic E-state index is 0.0402. The molecule has 1 N–H and O–H groups in total. The number of carbonyl (C=O) groups excluding carboxylic acids is 2. The van der Waals surface area contributed by atoms with Crippen LogP contribution in [0, 0.1) is 0 Å². The average molecular weight is 427 g/mol. The first-order valence-corrected chi connectivity index (χ1v) is 11.4. The monoisotopic (exact) mass is 426 g/mol. The third kappa shape index (κ3) is 5.08. The summed E-state index contributed by atoms with van der Waals surface area (Å²) in [7, 11) is 0. The maximum Gasteiger partial charge on any atom is 0.253 e. The van der Waals surface area contributed by atoms with Crippen LogP contribution in [0.5, 0.6) is 0 Å². The van der Waals surface area contributed by atoms with E-state index in [1.54, 1.807) is 0 Å². The van der Waals surface area contributed by atoms with E-state index in [9.17, 15) is 9.59 Å². The van der Waals surface area contributed by atoms with E-state index in [4.69, 9.17) is 0 Å². The summed E-state index contributed by atoms with van der Waals surface area (Å²) >= 11 is 0. The van der Waals surface area contributed by atoms with Crippen LogP contribution in [0.25, 0.3) is 11.1 Å². The smallest absolute Gasteiger partial charge is 0.253 e. The Balaban J connectivity index is 1.30. The van der Waals surface area contributed by atoms with Crippen molar-refractivity contribution < 1.29 is 9.59 Å². The zero-order chi connectivity index (χ0) is 22.5. The summed E-state index contributed by atoms with van der Waals surface area (Å²) in [4.78, 5) is 27.4. The molecular weight excluding hydrogens is 396 g/mol. The second kappa shape index (κ2) is 9.82. The van der Waals surface area contributed by atoms with E-state index in [0.29, 0.717) is 30.1 Å². The Morgan fingerprint density at radius 1 is 0.781 bits per heavy atom. The van der Waals surface area contributed by atoms with Crippen LogP contribution < -0.4 is 5.32 Å². The lowest BCUT2D eigenvalue weighted by Gasteiger charge is -2.32. The van der Waals surface area contributed by atoms with Crippen molar-refractivity contribution in [1.82, 2.24) is 10.2 Å².